The molecule has 3 aromatic rings. The van der Waals surface area contributed by atoms with Crippen LogP contribution in [0.5, 0.6) is 0 Å². The zero-order valence-electron chi connectivity index (χ0n) is 15.6. The Balaban J connectivity index is 1.92. The second-order valence-corrected chi connectivity index (χ2v) is 6.47. The number of benzene rings is 1. The molecule has 0 fully saturated rings. The van der Waals surface area contributed by atoms with Crippen LogP contribution in [0.3, 0.4) is 0 Å². The first-order valence-electron chi connectivity index (χ1n) is 8.82. The van der Waals surface area contributed by atoms with Crippen LogP contribution in [0.25, 0.3) is 5.65 Å². The number of rotatable bonds is 6. The first kappa shape index (κ1) is 18.0. The molecule has 2 heterocycles. The number of halogens is 1. The Morgan fingerprint density at radius 3 is 2.85 bits per heavy atom. The fourth-order valence-electron chi connectivity index (χ4n) is 3.19. The van der Waals surface area contributed by atoms with E-state index in [1.165, 1.54) is 6.07 Å². The van der Waals surface area contributed by atoms with Gasteiger partial charge in [-0.1, -0.05) is 13.0 Å². The standard InChI is InChI=1S/C20H24FN5/c1-5-15(11-22-4)18-12-23-26-9-8-19(25-20(18)26)24-14(3)17-10-16(21)7-6-13(17)2/h6-12,14-15H,5H2,1-4H3,(H,24,25). The van der Waals surface area contributed by atoms with Gasteiger partial charge in [0.05, 0.1) is 12.2 Å². The van der Waals surface area contributed by atoms with Gasteiger partial charge in [-0.05, 0) is 49.6 Å². The molecule has 0 aliphatic carbocycles. The van der Waals surface area contributed by atoms with E-state index in [0.29, 0.717) is 0 Å². The zero-order chi connectivity index (χ0) is 18.7. The van der Waals surface area contributed by atoms with Crippen LogP contribution >= 0.6 is 0 Å². The summed E-state index contributed by atoms with van der Waals surface area (Å²) in [5, 5.41) is 7.76. The molecule has 26 heavy (non-hydrogen) atoms. The summed E-state index contributed by atoms with van der Waals surface area (Å²) in [7, 11) is 1.78. The third kappa shape index (κ3) is 3.59. The quantitative estimate of drug-likeness (QED) is 0.662. The van der Waals surface area contributed by atoms with Crippen molar-refractivity contribution in [3.05, 3.63) is 59.2 Å². The van der Waals surface area contributed by atoms with Crippen LogP contribution in [0.1, 0.15) is 48.9 Å². The Hall–Kier alpha value is -2.76. The van der Waals surface area contributed by atoms with Gasteiger partial charge in [-0.25, -0.2) is 13.9 Å². The van der Waals surface area contributed by atoms with Crippen LogP contribution in [-0.2, 0) is 0 Å². The molecule has 0 bridgehead atoms. The van der Waals surface area contributed by atoms with Crippen LogP contribution in [0, 0.1) is 12.7 Å². The van der Waals surface area contributed by atoms with Crippen LogP contribution in [0.4, 0.5) is 10.2 Å². The number of nitrogens with one attached hydrogen (secondary N) is 1. The second-order valence-electron chi connectivity index (χ2n) is 6.47. The van der Waals surface area contributed by atoms with E-state index in [1.54, 1.807) is 23.7 Å². The van der Waals surface area contributed by atoms with Gasteiger partial charge in [0.2, 0.25) is 0 Å². The van der Waals surface area contributed by atoms with E-state index in [1.807, 2.05) is 38.5 Å². The molecule has 2 aromatic heterocycles. The number of aromatic nitrogens is 3. The van der Waals surface area contributed by atoms with Crippen molar-refractivity contribution < 1.29 is 4.39 Å². The largest absolute Gasteiger partial charge is 0.363 e. The van der Waals surface area contributed by atoms with Gasteiger partial charge in [-0.3, -0.25) is 0 Å². The molecule has 0 aliphatic rings. The van der Waals surface area contributed by atoms with Crippen LogP contribution in [0.2, 0.25) is 0 Å². The number of hydrogen-bond acceptors (Lipinski definition) is 4. The number of anilines is 1. The van der Waals surface area contributed by atoms with E-state index >= 15 is 0 Å². The average molecular weight is 353 g/mol. The summed E-state index contributed by atoms with van der Waals surface area (Å²) in [6, 6.07) is 6.66. The lowest BCUT2D eigenvalue weighted by atomic mass is 10.0. The Morgan fingerprint density at radius 1 is 1.31 bits per heavy atom. The molecule has 0 radical (unpaired) electrons. The SMILES string of the molecule is CCC(C=NC)c1cnn2ccc(NC(C)c3cc(F)ccc3C)nc12. The average Bonchev–Trinajstić information content (AvgIpc) is 3.04. The highest BCUT2D eigenvalue weighted by molar-refractivity contribution is 5.72. The molecule has 2 atom stereocenters. The highest BCUT2D eigenvalue weighted by atomic mass is 19.1. The Labute approximate surface area is 153 Å². The maximum atomic E-state index is 13.6. The topological polar surface area (TPSA) is 54.6 Å². The van der Waals surface area contributed by atoms with E-state index < -0.39 is 0 Å². The summed E-state index contributed by atoms with van der Waals surface area (Å²) in [4.78, 5) is 8.89. The molecule has 2 unspecified atom stereocenters. The summed E-state index contributed by atoms with van der Waals surface area (Å²) in [5.74, 6) is 0.687. The monoisotopic (exact) mass is 353 g/mol. The maximum Gasteiger partial charge on any atom is 0.161 e. The predicted molar refractivity (Wildman–Crippen MR) is 104 cm³/mol. The van der Waals surface area contributed by atoms with Gasteiger partial charge in [-0.15, -0.1) is 0 Å². The molecule has 1 N–H and O–H groups in total. The highest BCUT2D eigenvalue weighted by Crippen LogP contribution is 2.25. The minimum absolute atomic E-state index is 0.0637. The highest BCUT2D eigenvalue weighted by Gasteiger charge is 2.16. The second kappa shape index (κ2) is 7.64. The Morgan fingerprint density at radius 2 is 2.12 bits per heavy atom. The third-order valence-electron chi connectivity index (χ3n) is 4.64. The molecular weight excluding hydrogens is 329 g/mol. The fraction of sp³-hybridized carbons (Fsp3) is 0.350. The molecule has 0 aliphatic heterocycles. The van der Waals surface area contributed by atoms with Gasteiger partial charge in [0, 0.05) is 30.9 Å². The van der Waals surface area contributed by atoms with Gasteiger partial charge in [-0.2, -0.15) is 5.10 Å². The number of fused-ring (bicyclic) bond motifs is 1. The number of hydrogen-bond donors (Lipinski definition) is 1. The van der Waals surface area contributed by atoms with Crippen molar-refractivity contribution in [2.75, 3.05) is 12.4 Å². The molecule has 3 rings (SSSR count). The van der Waals surface area contributed by atoms with E-state index in [-0.39, 0.29) is 17.8 Å². The summed E-state index contributed by atoms with van der Waals surface area (Å²) < 4.78 is 15.4. The molecular formula is C20H24FN5. The summed E-state index contributed by atoms with van der Waals surface area (Å²) in [6.07, 6.45) is 6.59. The van der Waals surface area contributed by atoms with E-state index in [9.17, 15) is 4.39 Å². The maximum absolute atomic E-state index is 13.6. The van der Waals surface area contributed by atoms with Gasteiger partial charge in [0.25, 0.3) is 0 Å². The van der Waals surface area contributed by atoms with Gasteiger partial charge in [0.1, 0.15) is 11.6 Å². The van der Waals surface area contributed by atoms with Crippen molar-refractivity contribution in [1.29, 1.82) is 0 Å². The smallest absolute Gasteiger partial charge is 0.161 e. The molecule has 0 spiro atoms. The molecule has 6 heteroatoms. The van der Waals surface area contributed by atoms with Crippen molar-refractivity contribution in [2.24, 2.45) is 4.99 Å². The van der Waals surface area contributed by atoms with Crippen molar-refractivity contribution in [3.8, 4) is 0 Å². The lowest BCUT2D eigenvalue weighted by Gasteiger charge is -2.17. The van der Waals surface area contributed by atoms with E-state index in [2.05, 4.69) is 22.3 Å². The lowest BCUT2D eigenvalue weighted by molar-refractivity contribution is 0.623. The third-order valence-corrected chi connectivity index (χ3v) is 4.64. The van der Waals surface area contributed by atoms with Crippen molar-refractivity contribution in [3.63, 3.8) is 0 Å². The molecule has 5 nitrogen and oxygen atoms in total. The van der Waals surface area contributed by atoms with Crippen molar-refractivity contribution >= 4 is 17.7 Å². The Bertz CT molecular complexity index is 931. The minimum atomic E-state index is -0.231. The molecule has 0 saturated heterocycles. The van der Waals surface area contributed by atoms with Gasteiger partial charge >= 0.3 is 0 Å². The molecule has 0 amide bonds. The van der Waals surface area contributed by atoms with Crippen LogP contribution in [0.15, 0.2) is 41.7 Å². The van der Waals surface area contributed by atoms with Crippen LogP contribution < -0.4 is 5.32 Å². The molecule has 0 saturated carbocycles. The fourth-order valence-corrected chi connectivity index (χ4v) is 3.19. The number of aliphatic imine (C=N–C) groups is 1. The summed E-state index contributed by atoms with van der Waals surface area (Å²) in [6.45, 7) is 6.10. The predicted octanol–water partition coefficient (Wildman–Crippen LogP) is 4.54. The van der Waals surface area contributed by atoms with Gasteiger partial charge < -0.3 is 10.3 Å². The van der Waals surface area contributed by atoms with E-state index in [4.69, 9.17) is 4.98 Å². The van der Waals surface area contributed by atoms with E-state index in [0.717, 1.165) is 34.6 Å². The lowest BCUT2D eigenvalue weighted by Crippen LogP contribution is -2.10. The van der Waals surface area contributed by atoms with Crippen molar-refractivity contribution in [1.82, 2.24) is 14.6 Å². The van der Waals surface area contributed by atoms with Crippen LogP contribution in [-0.4, -0.2) is 27.9 Å². The first-order valence-corrected chi connectivity index (χ1v) is 8.82. The normalized spacial score (nSPS) is 14.0. The first-order chi connectivity index (χ1) is 12.5. The van der Waals surface area contributed by atoms with Crippen molar-refractivity contribution in [2.45, 2.75) is 39.2 Å². The summed E-state index contributed by atoms with van der Waals surface area (Å²) >= 11 is 0. The number of aryl methyl sites for hydroxylation is 1. The molecule has 1 aromatic carbocycles. The zero-order valence-corrected chi connectivity index (χ0v) is 15.6. The molecule has 136 valence electrons. The minimum Gasteiger partial charge on any atom is -0.363 e. The van der Waals surface area contributed by atoms with Gasteiger partial charge in [0.15, 0.2) is 5.65 Å². The summed E-state index contributed by atoms with van der Waals surface area (Å²) in [5.41, 5.74) is 3.83. The number of nitrogens with zero attached hydrogens (tertiary/aromatic N) is 4. The Kier molecular flexibility index (Phi) is 5.30.